The van der Waals surface area contributed by atoms with E-state index in [1.165, 1.54) is 64.2 Å². The summed E-state index contributed by atoms with van der Waals surface area (Å²) in [5.74, 6) is -2.61. The van der Waals surface area contributed by atoms with Gasteiger partial charge in [-0.1, -0.05) is 117 Å². The number of hydrazine groups is 2. The number of rotatable bonds is 27. The van der Waals surface area contributed by atoms with Gasteiger partial charge in [-0.2, -0.15) is 0 Å². The van der Waals surface area contributed by atoms with Crippen molar-refractivity contribution in [2.24, 2.45) is 5.73 Å². The number of carbonyl (C=O) groups excluding carboxylic acids is 3. The van der Waals surface area contributed by atoms with Gasteiger partial charge in [-0.05, 0) is 19.3 Å². The maximum absolute atomic E-state index is 12.5. The molecule has 0 rings (SSSR count). The van der Waals surface area contributed by atoms with Crippen molar-refractivity contribution in [3.63, 3.8) is 0 Å². The van der Waals surface area contributed by atoms with E-state index in [4.69, 9.17) is 5.73 Å². The van der Waals surface area contributed by atoms with Crippen molar-refractivity contribution in [1.82, 2.24) is 16.0 Å². The molecule has 1 atom stereocenters. The van der Waals surface area contributed by atoms with Gasteiger partial charge in [0.1, 0.15) is 6.04 Å². The average Bonchev–Trinajstić information content (AvgIpc) is 2.86. The quantitative estimate of drug-likeness (QED) is 0.0609. The van der Waals surface area contributed by atoms with Gasteiger partial charge in [-0.3, -0.25) is 30.0 Å². The molecule has 0 spiro atoms. The summed E-state index contributed by atoms with van der Waals surface area (Å²) in [5, 5.41) is 10.6. The number of nitrogens with one attached hydrogen (secondary N) is 2. The van der Waals surface area contributed by atoms with Crippen molar-refractivity contribution < 1.29 is 24.3 Å². The fourth-order valence-electron chi connectivity index (χ4n) is 4.40. The zero-order valence-electron chi connectivity index (χ0n) is 24.2. The van der Waals surface area contributed by atoms with Gasteiger partial charge in [-0.25, -0.2) is 0 Å². The van der Waals surface area contributed by atoms with Gasteiger partial charge >= 0.3 is 35.5 Å². The Labute approximate surface area is 259 Å². The number of carboxylic acid groups (broad SMARTS) is 1. The predicted molar refractivity (Wildman–Crippen MR) is 159 cm³/mol. The van der Waals surface area contributed by atoms with Gasteiger partial charge in [0.2, 0.25) is 17.7 Å². The Morgan fingerprint density at radius 1 is 0.615 bits per heavy atom. The van der Waals surface area contributed by atoms with E-state index < -0.39 is 17.9 Å². The number of hydrogen-bond donors (Lipinski definition) is 4. The Balaban J connectivity index is 0. The first-order chi connectivity index (χ1) is 18.3. The molecular weight excluding hydrogens is 507 g/mol. The summed E-state index contributed by atoms with van der Waals surface area (Å²) in [6.45, 7) is 4.40. The summed E-state index contributed by atoms with van der Waals surface area (Å²) in [4.78, 5) is 48.2. The minimum atomic E-state index is -1.29. The van der Waals surface area contributed by atoms with Crippen molar-refractivity contribution in [2.45, 2.75) is 161 Å². The van der Waals surface area contributed by atoms with Crippen LogP contribution in [0.1, 0.15) is 155 Å². The molecule has 0 aromatic heterocycles. The number of nitrogens with two attached hydrogens (primary N) is 1. The number of primary amides is 1. The molecule has 0 saturated carbocycles. The van der Waals surface area contributed by atoms with E-state index in [0.29, 0.717) is 12.8 Å². The second kappa shape index (κ2) is 28.4. The fraction of sp³-hybridized carbons (Fsp3) is 0.862. The van der Waals surface area contributed by atoms with Crippen molar-refractivity contribution >= 4 is 53.2 Å². The zero-order valence-corrected chi connectivity index (χ0v) is 24.2. The van der Waals surface area contributed by atoms with Crippen LogP contribution in [0.3, 0.4) is 0 Å². The molecule has 0 aliphatic carbocycles. The molecule has 0 aliphatic rings. The Bertz CT molecular complexity index is 615. The van der Waals surface area contributed by atoms with E-state index in [1.54, 1.807) is 0 Å². The van der Waals surface area contributed by atoms with Crippen LogP contribution in [0.4, 0.5) is 0 Å². The summed E-state index contributed by atoms with van der Waals surface area (Å²) in [6.07, 6.45) is 20.4. The van der Waals surface area contributed by atoms with Crippen LogP contribution in [-0.2, 0) is 19.2 Å². The van der Waals surface area contributed by atoms with Gasteiger partial charge in [0.05, 0.1) is 0 Å². The van der Waals surface area contributed by atoms with Crippen LogP contribution in [0.15, 0.2) is 0 Å². The van der Waals surface area contributed by atoms with E-state index >= 15 is 0 Å². The molecule has 0 unspecified atom stereocenters. The van der Waals surface area contributed by atoms with Gasteiger partial charge in [0.15, 0.2) is 0 Å². The van der Waals surface area contributed by atoms with Crippen LogP contribution >= 0.6 is 0 Å². The number of unbranched alkanes of at least 4 members (excludes halogenated alkanes) is 16. The summed E-state index contributed by atoms with van der Waals surface area (Å²) >= 11 is 0. The Morgan fingerprint density at radius 3 is 1.26 bits per heavy atom. The molecule has 0 radical (unpaired) electrons. The van der Waals surface area contributed by atoms with Gasteiger partial charge in [0.25, 0.3) is 0 Å². The maximum atomic E-state index is 12.5. The Hall–Kier alpha value is -1.16. The number of hydrogen-bond acceptors (Lipinski definition) is 5. The van der Waals surface area contributed by atoms with Gasteiger partial charge in [-0.15, -0.1) is 5.12 Å². The number of amides is 3. The number of aliphatic carboxylic acids is 1. The molecule has 0 heterocycles. The summed E-state index contributed by atoms with van der Waals surface area (Å²) in [7, 11) is 0. The molecule has 3 amide bonds. The Kier molecular flexibility index (Phi) is 29.1. The fourth-order valence-corrected chi connectivity index (χ4v) is 4.40. The molecule has 0 fully saturated rings. The third-order valence-corrected chi connectivity index (χ3v) is 6.77. The van der Waals surface area contributed by atoms with E-state index in [2.05, 4.69) is 24.7 Å². The standard InChI is InChI=1S/C29H56N4O5.Na.H/c1-3-5-7-9-11-13-15-17-19-21-27(35)31-33(25(29(37)38)23-24-26(30)34)32-28(36)22-20-18-16-14-12-10-8-6-4-2;;/h25H,3-24H2,1-2H3,(H2,30,34)(H,31,35)(H,32,36)(H,37,38);;/t25-;;/m0../s1. The first-order valence-electron chi connectivity index (χ1n) is 15.2. The van der Waals surface area contributed by atoms with Crippen LogP contribution in [0.2, 0.25) is 0 Å². The van der Waals surface area contributed by atoms with E-state index in [1.807, 2.05) is 0 Å². The van der Waals surface area contributed by atoms with E-state index in [9.17, 15) is 24.3 Å². The molecule has 0 bridgehead atoms. The van der Waals surface area contributed by atoms with Crippen LogP contribution in [0.25, 0.3) is 0 Å². The van der Waals surface area contributed by atoms with E-state index in [0.717, 1.165) is 43.6 Å². The second-order valence-electron chi connectivity index (χ2n) is 10.5. The second-order valence-corrected chi connectivity index (χ2v) is 10.5. The molecule has 224 valence electrons. The molecule has 10 heteroatoms. The topological polar surface area (TPSA) is 142 Å². The van der Waals surface area contributed by atoms with Crippen molar-refractivity contribution in [3.8, 4) is 0 Å². The summed E-state index contributed by atoms with van der Waals surface area (Å²) in [5.41, 5.74) is 10.3. The first-order valence-corrected chi connectivity index (χ1v) is 15.2. The third kappa shape index (κ3) is 25.5. The van der Waals surface area contributed by atoms with Crippen molar-refractivity contribution in [2.75, 3.05) is 0 Å². The number of nitrogens with zero attached hydrogens (tertiary/aromatic N) is 1. The molecule has 0 aromatic carbocycles. The average molecular weight is 565 g/mol. The summed E-state index contributed by atoms with van der Waals surface area (Å²) in [6, 6.07) is -1.29. The molecule has 0 aliphatic heterocycles. The normalized spacial score (nSPS) is 11.6. The molecule has 9 nitrogen and oxygen atoms in total. The minimum absolute atomic E-state index is 0. The van der Waals surface area contributed by atoms with Crippen LogP contribution in [0, 0.1) is 0 Å². The molecule has 5 N–H and O–H groups in total. The van der Waals surface area contributed by atoms with E-state index in [-0.39, 0.29) is 67.1 Å². The summed E-state index contributed by atoms with van der Waals surface area (Å²) < 4.78 is 0. The number of carboxylic acids is 1. The third-order valence-electron chi connectivity index (χ3n) is 6.77. The van der Waals surface area contributed by atoms with Crippen LogP contribution in [-0.4, -0.2) is 69.5 Å². The molecule has 0 saturated heterocycles. The molecular formula is C29H57N4NaO5. The van der Waals surface area contributed by atoms with Gasteiger partial charge in [0, 0.05) is 19.3 Å². The molecule has 39 heavy (non-hydrogen) atoms. The Morgan fingerprint density at radius 2 is 0.949 bits per heavy atom. The van der Waals surface area contributed by atoms with Crippen molar-refractivity contribution in [1.29, 1.82) is 0 Å². The number of carbonyl (C=O) groups is 4. The van der Waals surface area contributed by atoms with Gasteiger partial charge < -0.3 is 10.8 Å². The zero-order chi connectivity index (χ0) is 28.4. The van der Waals surface area contributed by atoms with Crippen LogP contribution in [0.5, 0.6) is 0 Å². The first kappa shape index (κ1) is 40.0. The molecule has 0 aromatic rings. The SMILES string of the molecule is CCCCCCCCCCCC(=O)NN(NC(=O)CCCCCCCCCCC)[C@@H](CCC(N)=O)C(=O)O.[NaH]. The predicted octanol–water partition coefficient (Wildman–Crippen LogP) is 5.26. The van der Waals surface area contributed by atoms with Crippen molar-refractivity contribution in [3.05, 3.63) is 0 Å². The van der Waals surface area contributed by atoms with Crippen LogP contribution < -0.4 is 16.6 Å². The monoisotopic (exact) mass is 564 g/mol.